The smallest absolute Gasteiger partial charge is 0.264 e. The molecule has 1 N–H and O–H groups in total. The van der Waals surface area contributed by atoms with Crippen molar-refractivity contribution in [3.8, 4) is 5.75 Å². The van der Waals surface area contributed by atoms with Gasteiger partial charge in [0.05, 0.1) is 27.7 Å². The third-order valence-electron chi connectivity index (χ3n) is 6.21. The van der Waals surface area contributed by atoms with Crippen LogP contribution in [0.3, 0.4) is 0 Å². The summed E-state index contributed by atoms with van der Waals surface area (Å²) in [4.78, 5) is 28.4. The quantitative estimate of drug-likeness (QED) is 0.261. The summed E-state index contributed by atoms with van der Waals surface area (Å²) in [5, 5.41) is 3.71. The monoisotopic (exact) mass is 639 g/mol. The number of nitrogens with one attached hydrogen (secondary N) is 1. The van der Waals surface area contributed by atoms with Crippen molar-refractivity contribution in [2.24, 2.45) is 5.92 Å². The Kier molecular flexibility index (Phi) is 11.3. The molecule has 3 aromatic rings. The van der Waals surface area contributed by atoms with Crippen LogP contribution in [0.2, 0.25) is 15.1 Å². The number of ether oxygens (including phenoxy) is 1. The second-order valence-corrected chi connectivity index (χ2v) is 12.8. The minimum atomic E-state index is -4.28. The van der Waals surface area contributed by atoms with E-state index in [-0.39, 0.29) is 44.7 Å². The second-order valence-electron chi connectivity index (χ2n) is 9.73. The number of methoxy groups -OCH3 is 1. The maximum atomic E-state index is 14.0. The lowest BCUT2D eigenvalue weighted by Crippen LogP contribution is -2.51. The maximum Gasteiger partial charge on any atom is 0.264 e. The molecule has 0 aromatic heterocycles. The first-order valence-corrected chi connectivity index (χ1v) is 15.3. The van der Waals surface area contributed by atoms with Crippen molar-refractivity contribution in [2.45, 2.75) is 38.3 Å². The SMILES string of the molecule is COc1ccc(Cl)cc1N(CC(=O)N(Cc1ccc(Cl)c(Cl)c1)C(C)C(=O)NCC(C)C)S(=O)(=O)c1ccccc1. The first-order valence-electron chi connectivity index (χ1n) is 12.8. The Labute approximate surface area is 256 Å². The Balaban J connectivity index is 2.08. The fraction of sp³-hybridized carbons (Fsp3) is 0.310. The van der Waals surface area contributed by atoms with E-state index in [0.717, 1.165) is 4.31 Å². The maximum absolute atomic E-state index is 14.0. The fourth-order valence-electron chi connectivity index (χ4n) is 3.96. The van der Waals surface area contributed by atoms with Crippen LogP contribution in [0, 0.1) is 5.92 Å². The third kappa shape index (κ3) is 8.29. The zero-order valence-corrected chi connectivity index (χ0v) is 26.2. The van der Waals surface area contributed by atoms with Gasteiger partial charge >= 0.3 is 0 Å². The van der Waals surface area contributed by atoms with E-state index in [4.69, 9.17) is 39.5 Å². The van der Waals surface area contributed by atoms with E-state index < -0.39 is 28.5 Å². The molecule has 3 aromatic carbocycles. The first-order chi connectivity index (χ1) is 19.3. The van der Waals surface area contributed by atoms with Gasteiger partial charge < -0.3 is 15.0 Å². The highest BCUT2D eigenvalue weighted by molar-refractivity contribution is 7.92. The molecule has 2 amide bonds. The van der Waals surface area contributed by atoms with Crippen LogP contribution in [0.15, 0.2) is 71.6 Å². The predicted molar refractivity (Wildman–Crippen MR) is 163 cm³/mol. The summed E-state index contributed by atoms with van der Waals surface area (Å²) in [6.45, 7) is 5.23. The van der Waals surface area contributed by atoms with Crippen LogP contribution in [0.4, 0.5) is 5.69 Å². The summed E-state index contributed by atoms with van der Waals surface area (Å²) in [7, 11) is -2.89. The molecule has 12 heteroatoms. The van der Waals surface area contributed by atoms with E-state index in [9.17, 15) is 18.0 Å². The largest absolute Gasteiger partial charge is 0.495 e. The van der Waals surface area contributed by atoms with Crippen LogP contribution < -0.4 is 14.4 Å². The number of rotatable bonds is 12. The van der Waals surface area contributed by atoms with Crippen molar-refractivity contribution < 1.29 is 22.7 Å². The lowest BCUT2D eigenvalue weighted by molar-refractivity contribution is -0.139. The van der Waals surface area contributed by atoms with Gasteiger partial charge in [-0.15, -0.1) is 0 Å². The molecule has 0 spiro atoms. The first kappa shape index (κ1) is 32.5. The van der Waals surface area contributed by atoms with E-state index in [1.54, 1.807) is 49.4 Å². The molecule has 0 fully saturated rings. The highest BCUT2D eigenvalue weighted by Gasteiger charge is 2.34. The number of halogens is 3. The molecule has 0 radical (unpaired) electrons. The van der Waals surface area contributed by atoms with Gasteiger partial charge in [-0.25, -0.2) is 8.42 Å². The molecule has 3 rings (SSSR count). The topological polar surface area (TPSA) is 96.0 Å². The number of benzene rings is 3. The lowest BCUT2D eigenvalue weighted by atomic mass is 10.1. The van der Waals surface area contributed by atoms with Crippen LogP contribution in [0.1, 0.15) is 26.3 Å². The van der Waals surface area contributed by atoms with E-state index in [0.29, 0.717) is 17.1 Å². The van der Waals surface area contributed by atoms with E-state index in [1.807, 2.05) is 13.8 Å². The highest BCUT2D eigenvalue weighted by atomic mass is 35.5. The number of carbonyl (C=O) groups is 2. The number of anilines is 1. The highest BCUT2D eigenvalue weighted by Crippen LogP contribution is 2.35. The lowest BCUT2D eigenvalue weighted by Gasteiger charge is -2.32. The normalized spacial score (nSPS) is 12.1. The van der Waals surface area contributed by atoms with Gasteiger partial charge in [-0.1, -0.05) is 72.9 Å². The minimum Gasteiger partial charge on any atom is -0.495 e. The summed E-state index contributed by atoms with van der Waals surface area (Å²) in [5.41, 5.74) is 0.678. The Morgan fingerprint density at radius 2 is 1.61 bits per heavy atom. The molecule has 41 heavy (non-hydrogen) atoms. The number of nitrogens with zero attached hydrogens (tertiary/aromatic N) is 2. The molecule has 8 nitrogen and oxygen atoms in total. The van der Waals surface area contributed by atoms with Crippen molar-refractivity contribution in [3.05, 3.63) is 87.4 Å². The number of sulfonamides is 1. The minimum absolute atomic E-state index is 0.0299. The van der Waals surface area contributed by atoms with Gasteiger partial charge in [-0.05, 0) is 60.9 Å². The second kappa shape index (κ2) is 14.3. The van der Waals surface area contributed by atoms with Gasteiger partial charge in [0.2, 0.25) is 11.8 Å². The Morgan fingerprint density at radius 1 is 0.927 bits per heavy atom. The van der Waals surface area contributed by atoms with Crippen molar-refractivity contribution in [3.63, 3.8) is 0 Å². The summed E-state index contributed by atoms with van der Waals surface area (Å²) < 4.78 is 34.2. The molecule has 0 aliphatic heterocycles. The number of carbonyl (C=O) groups excluding carboxylic acids is 2. The molecular formula is C29H32Cl3N3O5S. The van der Waals surface area contributed by atoms with Crippen molar-refractivity contribution in [1.82, 2.24) is 10.2 Å². The van der Waals surface area contributed by atoms with Gasteiger partial charge in [0.25, 0.3) is 10.0 Å². The number of hydrogen-bond donors (Lipinski definition) is 1. The molecule has 220 valence electrons. The molecule has 1 unspecified atom stereocenters. The number of amides is 2. The average Bonchev–Trinajstić information content (AvgIpc) is 2.95. The molecule has 1 atom stereocenters. The fourth-order valence-corrected chi connectivity index (χ4v) is 5.89. The van der Waals surface area contributed by atoms with Crippen molar-refractivity contribution >= 4 is 62.3 Å². The van der Waals surface area contributed by atoms with Crippen LogP contribution >= 0.6 is 34.8 Å². The zero-order valence-electron chi connectivity index (χ0n) is 23.1. The zero-order chi connectivity index (χ0) is 30.3. The van der Waals surface area contributed by atoms with Crippen LogP contribution in [0.5, 0.6) is 5.75 Å². The third-order valence-corrected chi connectivity index (χ3v) is 8.96. The summed E-state index contributed by atoms with van der Waals surface area (Å²) in [5.74, 6) is -0.637. The Morgan fingerprint density at radius 3 is 2.22 bits per heavy atom. The summed E-state index contributed by atoms with van der Waals surface area (Å²) in [6.07, 6.45) is 0. The molecule has 0 saturated heterocycles. The summed E-state index contributed by atoms with van der Waals surface area (Å²) in [6, 6.07) is 16.1. The van der Waals surface area contributed by atoms with Crippen LogP contribution in [-0.4, -0.2) is 51.4 Å². The van der Waals surface area contributed by atoms with Gasteiger partial charge in [0, 0.05) is 18.1 Å². The van der Waals surface area contributed by atoms with Crippen molar-refractivity contribution in [1.29, 1.82) is 0 Å². The molecule has 0 aliphatic rings. The summed E-state index contributed by atoms with van der Waals surface area (Å²) >= 11 is 18.5. The molecule has 0 heterocycles. The van der Waals surface area contributed by atoms with Crippen molar-refractivity contribution in [2.75, 3.05) is 24.5 Å². The van der Waals surface area contributed by atoms with Crippen LogP contribution in [0.25, 0.3) is 0 Å². The predicted octanol–water partition coefficient (Wildman–Crippen LogP) is 6.04. The van der Waals surface area contributed by atoms with Gasteiger partial charge in [0.15, 0.2) is 0 Å². The van der Waals surface area contributed by atoms with Gasteiger partial charge in [-0.2, -0.15) is 0 Å². The number of hydrogen-bond acceptors (Lipinski definition) is 5. The standard InChI is InChI=1S/C29H32Cl3N3O5S/c1-19(2)16-33-29(37)20(3)34(17-21-10-12-24(31)25(32)14-21)28(36)18-35(26-15-22(30)11-13-27(26)40-4)41(38,39)23-8-6-5-7-9-23/h5-15,19-20H,16-18H2,1-4H3,(H,33,37). The Hall–Kier alpha value is -2.98. The molecule has 0 bridgehead atoms. The average molecular weight is 641 g/mol. The van der Waals surface area contributed by atoms with E-state index in [1.165, 1.54) is 36.3 Å². The van der Waals surface area contributed by atoms with Crippen LogP contribution in [-0.2, 0) is 26.2 Å². The van der Waals surface area contributed by atoms with E-state index >= 15 is 0 Å². The molecule has 0 aliphatic carbocycles. The van der Waals surface area contributed by atoms with E-state index in [2.05, 4.69) is 5.32 Å². The molecular weight excluding hydrogens is 609 g/mol. The van der Waals surface area contributed by atoms with Gasteiger partial charge in [0.1, 0.15) is 18.3 Å². The van der Waals surface area contributed by atoms with Gasteiger partial charge in [-0.3, -0.25) is 13.9 Å². The Bertz CT molecular complexity index is 1490. The molecule has 0 saturated carbocycles.